The number of amides is 1. The highest BCUT2D eigenvalue weighted by Crippen LogP contribution is 2.29. The Morgan fingerprint density at radius 2 is 1.84 bits per heavy atom. The van der Waals surface area contributed by atoms with Crippen molar-refractivity contribution in [3.05, 3.63) is 53.1 Å². The van der Waals surface area contributed by atoms with Crippen molar-refractivity contribution in [3.8, 4) is 16.3 Å². The normalized spacial score (nSPS) is 14.5. The number of halogens is 1. The second-order valence-electron chi connectivity index (χ2n) is 6.85. The van der Waals surface area contributed by atoms with E-state index in [2.05, 4.69) is 15.5 Å². The van der Waals surface area contributed by atoms with Crippen molar-refractivity contribution in [1.82, 2.24) is 14.5 Å². The standard InChI is InChI=1S/C20H19ClN4O4S2/c1-29-14-6-4-13(5-7-14)19-23-24-20(30-19)22-18(26)16-12-15(8-9-17(16)21)31(27,28)25-10-2-3-11-25/h4-9,12H,2-3,10-11H2,1H3,(H,22,24,26). The molecule has 3 aromatic rings. The third-order valence-corrected chi connectivity index (χ3v) is 7.98. The first-order valence-corrected chi connectivity index (χ1v) is 12.1. The molecule has 0 spiro atoms. The number of benzene rings is 2. The number of sulfonamides is 1. The van der Waals surface area contributed by atoms with E-state index in [-0.39, 0.29) is 20.6 Å². The number of nitrogens with one attached hydrogen (secondary N) is 1. The van der Waals surface area contributed by atoms with Crippen LogP contribution >= 0.6 is 22.9 Å². The molecule has 0 unspecified atom stereocenters. The van der Waals surface area contributed by atoms with Crippen LogP contribution in [0, 0.1) is 0 Å². The number of methoxy groups -OCH3 is 1. The minimum Gasteiger partial charge on any atom is -0.497 e. The number of nitrogens with zero attached hydrogens (tertiary/aromatic N) is 3. The van der Waals surface area contributed by atoms with E-state index >= 15 is 0 Å². The molecule has 162 valence electrons. The number of hydrogen-bond acceptors (Lipinski definition) is 7. The van der Waals surface area contributed by atoms with Crippen molar-refractivity contribution in [2.75, 3.05) is 25.5 Å². The molecule has 1 N–H and O–H groups in total. The number of aromatic nitrogens is 2. The molecule has 0 aliphatic carbocycles. The zero-order chi connectivity index (χ0) is 22.0. The van der Waals surface area contributed by atoms with Gasteiger partial charge in [-0.3, -0.25) is 10.1 Å². The van der Waals surface area contributed by atoms with Crippen LogP contribution in [0.1, 0.15) is 23.2 Å². The summed E-state index contributed by atoms with van der Waals surface area (Å²) in [6.45, 7) is 0.955. The van der Waals surface area contributed by atoms with Crippen molar-refractivity contribution in [3.63, 3.8) is 0 Å². The second kappa shape index (κ2) is 8.91. The number of ether oxygens (including phenoxy) is 1. The van der Waals surface area contributed by atoms with Crippen molar-refractivity contribution in [1.29, 1.82) is 0 Å². The quantitative estimate of drug-likeness (QED) is 0.576. The van der Waals surface area contributed by atoms with E-state index in [0.717, 1.165) is 24.2 Å². The van der Waals surface area contributed by atoms with Crippen LogP contribution in [0.25, 0.3) is 10.6 Å². The first kappa shape index (κ1) is 21.7. The van der Waals surface area contributed by atoms with Gasteiger partial charge in [0.25, 0.3) is 5.91 Å². The van der Waals surface area contributed by atoms with E-state index in [1.54, 1.807) is 19.2 Å². The zero-order valence-electron chi connectivity index (χ0n) is 16.5. The van der Waals surface area contributed by atoms with E-state index in [1.165, 1.54) is 33.8 Å². The van der Waals surface area contributed by atoms with Crippen LogP contribution in [0.4, 0.5) is 5.13 Å². The van der Waals surface area contributed by atoms with Crippen LogP contribution < -0.4 is 10.1 Å². The Labute approximate surface area is 188 Å². The first-order chi connectivity index (χ1) is 14.9. The molecule has 1 amide bonds. The molecule has 1 aliphatic heterocycles. The molecule has 0 saturated carbocycles. The maximum atomic E-state index is 12.8. The SMILES string of the molecule is COc1ccc(-c2nnc(NC(=O)c3cc(S(=O)(=O)N4CCCC4)ccc3Cl)s2)cc1. The van der Waals surface area contributed by atoms with Gasteiger partial charge in [-0.2, -0.15) is 4.31 Å². The highest BCUT2D eigenvalue weighted by atomic mass is 35.5. The molecule has 4 rings (SSSR count). The molecular formula is C20H19ClN4O4S2. The Morgan fingerprint density at radius 1 is 1.13 bits per heavy atom. The van der Waals surface area contributed by atoms with Crippen LogP contribution in [-0.4, -0.2) is 49.0 Å². The molecule has 11 heteroatoms. The fraction of sp³-hybridized carbons (Fsp3) is 0.250. The molecular weight excluding hydrogens is 460 g/mol. The van der Waals surface area contributed by atoms with Gasteiger partial charge in [-0.1, -0.05) is 22.9 Å². The van der Waals surface area contributed by atoms with Gasteiger partial charge in [0.05, 0.1) is 22.6 Å². The van der Waals surface area contributed by atoms with E-state index < -0.39 is 15.9 Å². The summed E-state index contributed by atoms with van der Waals surface area (Å²) in [5.74, 6) is 0.168. The van der Waals surface area contributed by atoms with Crippen LogP contribution in [-0.2, 0) is 10.0 Å². The van der Waals surface area contributed by atoms with Crippen molar-refractivity contribution in [2.24, 2.45) is 0 Å². The summed E-state index contributed by atoms with van der Waals surface area (Å²) in [6.07, 6.45) is 1.65. The van der Waals surface area contributed by atoms with Crippen LogP contribution in [0.5, 0.6) is 5.75 Å². The monoisotopic (exact) mass is 478 g/mol. The van der Waals surface area contributed by atoms with Gasteiger partial charge in [0.2, 0.25) is 15.2 Å². The summed E-state index contributed by atoms with van der Waals surface area (Å²) >= 11 is 7.38. The Hall–Kier alpha value is -2.53. The fourth-order valence-electron chi connectivity index (χ4n) is 3.20. The average molecular weight is 479 g/mol. The highest BCUT2D eigenvalue weighted by Gasteiger charge is 2.28. The van der Waals surface area contributed by atoms with Gasteiger partial charge in [0.15, 0.2) is 0 Å². The molecule has 8 nitrogen and oxygen atoms in total. The van der Waals surface area contributed by atoms with Crippen LogP contribution in [0.2, 0.25) is 5.02 Å². The van der Waals surface area contributed by atoms with Gasteiger partial charge in [-0.25, -0.2) is 8.42 Å². The predicted molar refractivity (Wildman–Crippen MR) is 119 cm³/mol. The highest BCUT2D eigenvalue weighted by molar-refractivity contribution is 7.89. The summed E-state index contributed by atoms with van der Waals surface area (Å²) in [5, 5.41) is 11.8. The van der Waals surface area contributed by atoms with Crippen molar-refractivity contribution >= 4 is 44.0 Å². The Kier molecular flexibility index (Phi) is 6.24. The van der Waals surface area contributed by atoms with Crippen LogP contribution in [0.3, 0.4) is 0 Å². The molecule has 2 aromatic carbocycles. The first-order valence-electron chi connectivity index (χ1n) is 9.47. The molecule has 2 heterocycles. The molecule has 1 saturated heterocycles. The second-order valence-corrected chi connectivity index (χ2v) is 10.2. The minimum atomic E-state index is -3.66. The van der Waals surface area contributed by atoms with Crippen molar-refractivity contribution < 1.29 is 17.9 Å². The molecule has 1 fully saturated rings. The van der Waals surface area contributed by atoms with E-state index in [1.807, 2.05) is 12.1 Å². The zero-order valence-corrected chi connectivity index (χ0v) is 18.9. The lowest BCUT2D eigenvalue weighted by Gasteiger charge is -2.16. The number of rotatable bonds is 6. The maximum absolute atomic E-state index is 12.8. The number of carbonyl (C=O) groups is 1. The van der Waals surface area contributed by atoms with Gasteiger partial charge in [-0.15, -0.1) is 10.2 Å². The fourth-order valence-corrected chi connectivity index (χ4v) is 5.70. The lowest BCUT2D eigenvalue weighted by Crippen LogP contribution is -2.28. The minimum absolute atomic E-state index is 0.0418. The Bertz CT molecular complexity index is 1210. The molecule has 31 heavy (non-hydrogen) atoms. The van der Waals surface area contributed by atoms with Gasteiger partial charge in [0.1, 0.15) is 10.8 Å². The number of anilines is 1. The molecule has 1 aliphatic rings. The number of carbonyl (C=O) groups excluding carboxylic acids is 1. The van der Waals surface area contributed by atoms with E-state index in [9.17, 15) is 13.2 Å². The Balaban J connectivity index is 1.54. The van der Waals surface area contributed by atoms with Gasteiger partial charge < -0.3 is 4.74 Å². The summed E-state index contributed by atoms with van der Waals surface area (Å²) in [4.78, 5) is 12.8. The van der Waals surface area contributed by atoms with Gasteiger partial charge >= 0.3 is 0 Å². The molecule has 0 bridgehead atoms. The molecule has 0 atom stereocenters. The van der Waals surface area contributed by atoms with E-state index in [0.29, 0.717) is 18.1 Å². The summed E-state index contributed by atoms with van der Waals surface area (Å²) in [6, 6.07) is 11.4. The molecule has 1 aromatic heterocycles. The number of hydrogen-bond donors (Lipinski definition) is 1. The lowest BCUT2D eigenvalue weighted by molar-refractivity contribution is 0.102. The summed E-state index contributed by atoms with van der Waals surface area (Å²) < 4.78 is 32.2. The van der Waals surface area contributed by atoms with Crippen molar-refractivity contribution in [2.45, 2.75) is 17.7 Å². The summed E-state index contributed by atoms with van der Waals surface area (Å²) in [5.41, 5.74) is 0.888. The van der Waals surface area contributed by atoms with Gasteiger partial charge in [0, 0.05) is 18.7 Å². The van der Waals surface area contributed by atoms with E-state index in [4.69, 9.17) is 16.3 Å². The lowest BCUT2D eigenvalue weighted by atomic mass is 10.2. The third kappa shape index (κ3) is 4.57. The topological polar surface area (TPSA) is 101 Å². The molecule has 0 radical (unpaired) electrons. The predicted octanol–water partition coefficient (Wildman–Crippen LogP) is 3.90. The average Bonchev–Trinajstić information content (AvgIpc) is 3.47. The summed E-state index contributed by atoms with van der Waals surface area (Å²) in [7, 11) is -2.08. The largest absolute Gasteiger partial charge is 0.497 e. The van der Waals surface area contributed by atoms with Gasteiger partial charge in [-0.05, 0) is 55.3 Å². The Morgan fingerprint density at radius 3 is 2.52 bits per heavy atom. The smallest absolute Gasteiger partial charge is 0.259 e. The van der Waals surface area contributed by atoms with Crippen LogP contribution in [0.15, 0.2) is 47.4 Å². The third-order valence-electron chi connectivity index (χ3n) is 4.87. The maximum Gasteiger partial charge on any atom is 0.259 e.